The van der Waals surface area contributed by atoms with Crippen LogP contribution >= 0.6 is 0 Å². The van der Waals surface area contributed by atoms with Crippen molar-refractivity contribution >= 4 is 5.97 Å². The summed E-state index contributed by atoms with van der Waals surface area (Å²) in [6.45, 7) is 5.63. The standard InChI is InChI=1S/C17H18IO2/c1-17(2,3)20-16(19)13-9-11-15(12-10-13)18-14-7-5-4-6-8-14/h4-12H,1-3H3/q-1. The fraction of sp³-hybridized carbons (Fsp3) is 0.235. The van der Waals surface area contributed by atoms with Gasteiger partial charge >= 0.3 is 130 Å². The molecule has 0 aliphatic rings. The Bertz CT molecular complexity index is 568. The Balaban J connectivity index is 2.05. The van der Waals surface area contributed by atoms with Gasteiger partial charge in [0.1, 0.15) is 0 Å². The zero-order valence-electron chi connectivity index (χ0n) is 11.9. The molecule has 0 amide bonds. The van der Waals surface area contributed by atoms with Crippen LogP contribution in [0.4, 0.5) is 0 Å². The van der Waals surface area contributed by atoms with Crippen LogP contribution in [0.5, 0.6) is 0 Å². The molecule has 0 aromatic heterocycles. The molecule has 2 rings (SSSR count). The van der Waals surface area contributed by atoms with Crippen molar-refractivity contribution in [2.75, 3.05) is 0 Å². The Kier molecular flexibility index (Phi) is 4.81. The predicted molar refractivity (Wildman–Crippen MR) is 75.4 cm³/mol. The average molecular weight is 381 g/mol. The zero-order valence-corrected chi connectivity index (χ0v) is 14.0. The maximum atomic E-state index is 11.9. The van der Waals surface area contributed by atoms with Gasteiger partial charge in [-0.25, -0.2) is 0 Å². The Morgan fingerprint density at radius 3 is 2.00 bits per heavy atom. The molecule has 0 saturated heterocycles. The van der Waals surface area contributed by atoms with Gasteiger partial charge in [-0.2, -0.15) is 0 Å². The van der Waals surface area contributed by atoms with Crippen molar-refractivity contribution in [3.8, 4) is 0 Å². The Hall–Kier alpha value is -1.36. The number of ether oxygens (including phenoxy) is 1. The summed E-state index contributed by atoms with van der Waals surface area (Å²) in [5.74, 6) is -0.262. The molecule has 0 aliphatic heterocycles. The number of hydrogen-bond acceptors (Lipinski definition) is 2. The minimum absolute atomic E-state index is 0.184. The molecule has 2 aromatic rings. The van der Waals surface area contributed by atoms with E-state index in [0.29, 0.717) is 5.56 Å². The van der Waals surface area contributed by atoms with Crippen LogP contribution in [0.2, 0.25) is 0 Å². The summed E-state index contributed by atoms with van der Waals surface area (Å²) in [5.41, 5.74) is 0.160. The molecular formula is C17H18IO2-. The van der Waals surface area contributed by atoms with E-state index in [1.165, 1.54) is 7.14 Å². The topological polar surface area (TPSA) is 26.3 Å². The summed E-state index contributed by atoms with van der Waals surface area (Å²) >= 11 is -0.184. The molecule has 0 aliphatic carbocycles. The number of benzene rings is 2. The molecule has 0 atom stereocenters. The summed E-state index contributed by atoms with van der Waals surface area (Å²) in [5, 5.41) is 0. The van der Waals surface area contributed by atoms with Gasteiger partial charge in [0, 0.05) is 0 Å². The van der Waals surface area contributed by atoms with Gasteiger partial charge in [-0.05, 0) is 0 Å². The van der Waals surface area contributed by atoms with Crippen molar-refractivity contribution in [2.45, 2.75) is 26.4 Å². The van der Waals surface area contributed by atoms with Gasteiger partial charge < -0.3 is 0 Å². The number of carbonyl (C=O) groups excluding carboxylic acids is 1. The summed E-state index contributed by atoms with van der Waals surface area (Å²) in [7, 11) is 0. The quantitative estimate of drug-likeness (QED) is 0.580. The average Bonchev–Trinajstić information content (AvgIpc) is 2.39. The second-order valence-electron chi connectivity index (χ2n) is 5.40. The third-order valence-corrected chi connectivity index (χ3v) is 5.11. The number of hydrogen-bond donors (Lipinski definition) is 0. The zero-order chi connectivity index (χ0) is 14.6. The summed E-state index contributed by atoms with van der Waals surface area (Å²) in [6.07, 6.45) is 0. The van der Waals surface area contributed by atoms with Crippen molar-refractivity contribution in [3.05, 3.63) is 67.3 Å². The Morgan fingerprint density at radius 1 is 0.900 bits per heavy atom. The molecule has 0 radical (unpaired) electrons. The third kappa shape index (κ3) is 4.63. The number of esters is 1. The van der Waals surface area contributed by atoms with Crippen LogP contribution in [0.25, 0.3) is 0 Å². The van der Waals surface area contributed by atoms with Crippen molar-refractivity contribution in [2.24, 2.45) is 0 Å². The van der Waals surface area contributed by atoms with Gasteiger partial charge in [0.15, 0.2) is 0 Å². The van der Waals surface area contributed by atoms with Crippen LogP contribution in [0.3, 0.4) is 0 Å². The molecule has 2 aromatic carbocycles. The number of carbonyl (C=O) groups is 1. The van der Waals surface area contributed by atoms with Crippen molar-refractivity contribution in [1.82, 2.24) is 0 Å². The fourth-order valence-corrected chi connectivity index (χ4v) is 3.80. The van der Waals surface area contributed by atoms with E-state index >= 15 is 0 Å². The molecule has 0 spiro atoms. The second-order valence-corrected chi connectivity index (χ2v) is 8.43. The molecular weight excluding hydrogens is 363 g/mol. The Morgan fingerprint density at radius 2 is 1.45 bits per heavy atom. The molecule has 0 bridgehead atoms. The van der Waals surface area contributed by atoms with Gasteiger partial charge in [0.05, 0.1) is 0 Å². The molecule has 0 unspecified atom stereocenters. The van der Waals surface area contributed by atoms with Crippen LogP contribution in [0.15, 0.2) is 54.6 Å². The minimum atomic E-state index is -0.452. The summed E-state index contributed by atoms with van der Waals surface area (Å²) in [6, 6.07) is 18.2. The molecule has 2 nitrogen and oxygen atoms in total. The van der Waals surface area contributed by atoms with E-state index in [1.54, 1.807) is 0 Å². The van der Waals surface area contributed by atoms with Crippen molar-refractivity contribution < 1.29 is 30.7 Å². The van der Waals surface area contributed by atoms with Gasteiger partial charge in [0.2, 0.25) is 0 Å². The number of rotatable bonds is 3. The summed E-state index contributed by atoms with van der Waals surface area (Å²) in [4.78, 5) is 11.9. The van der Waals surface area contributed by atoms with Gasteiger partial charge in [-0.3, -0.25) is 0 Å². The van der Waals surface area contributed by atoms with E-state index in [-0.39, 0.29) is 27.2 Å². The van der Waals surface area contributed by atoms with E-state index in [1.807, 2.05) is 51.1 Å². The summed E-state index contributed by atoms with van der Waals surface area (Å²) < 4.78 is 8.02. The first-order valence-electron chi connectivity index (χ1n) is 6.47. The van der Waals surface area contributed by atoms with Crippen molar-refractivity contribution in [3.63, 3.8) is 0 Å². The predicted octanol–water partition coefficient (Wildman–Crippen LogP) is 0.770. The third-order valence-electron chi connectivity index (χ3n) is 2.43. The van der Waals surface area contributed by atoms with E-state index in [4.69, 9.17) is 4.74 Å². The van der Waals surface area contributed by atoms with Crippen LogP contribution in [-0.2, 0) is 4.74 Å². The van der Waals surface area contributed by atoms with Crippen molar-refractivity contribution in [1.29, 1.82) is 0 Å². The second kappa shape index (κ2) is 6.39. The molecule has 106 valence electrons. The number of halogens is 1. The monoisotopic (exact) mass is 381 g/mol. The molecule has 20 heavy (non-hydrogen) atoms. The van der Waals surface area contributed by atoms with E-state index < -0.39 is 5.60 Å². The van der Waals surface area contributed by atoms with Crippen LogP contribution in [0, 0.1) is 7.14 Å². The molecule has 3 heteroatoms. The molecule has 0 heterocycles. The van der Waals surface area contributed by atoms with E-state index in [0.717, 1.165) is 0 Å². The maximum absolute atomic E-state index is 11.9. The molecule has 0 fully saturated rings. The van der Waals surface area contributed by atoms with Crippen LogP contribution in [-0.4, -0.2) is 11.6 Å². The van der Waals surface area contributed by atoms with Crippen LogP contribution in [0.1, 0.15) is 31.1 Å². The normalized spacial score (nSPS) is 11.3. The van der Waals surface area contributed by atoms with E-state index in [9.17, 15) is 4.79 Å². The molecule has 0 saturated carbocycles. The van der Waals surface area contributed by atoms with Gasteiger partial charge in [-0.1, -0.05) is 0 Å². The Labute approximate surface area is 130 Å². The van der Waals surface area contributed by atoms with E-state index in [2.05, 4.69) is 24.3 Å². The SMILES string of the molecule is CC(C)(C)OC(=O)c1ccc([I-]c2ccccc2)cc1. The molecule has 0 N–H and O–H groups in total. The van der Waals surface area contributed by atoms with Gasteiger partial charge in [-0.15, -0.1) is 0 Å². The first-order chi connectivity index (χ1) is 9.44. The first-order valence-corrected chi connectivity index (χ1v) is 8.63. The fourth-order valence-electron chi connectivity index (χ4n) is 1.59. The van der Waals surface area contributed by atoms with Gasteiger partial charge in [0.25, 0.3) is 0 Å². The first kappa shape index (κ1) is 15.0. The van der Waals surface area contributed by atoms with Crippen LogP contribution < -0.4 is 21.2 Å².